The number of hydrogen-bond acceptors (Lipinski definition) is 4. The minimum absolute atomic E-state index is 0.179. The number of furan rings is 1. The van der Waals surface area contributed by atoms with Crippen LogP contribution >= 0.6 is 15.9 Å². The molecule has 0 spiro atoms. The van der Waals surface area contributed by atoms with E-state index in [2.05, 4.69) is 31.4 Å². The minimum atomic E-state index is -0.179. The van der Waals surface area contributed by atoms with Gasteiger partial charge in [0.25, 0.3) is 0 Å². The average Bonchev–Trinajstić information content (AvgIpc) is 3.12. The summed E-state index contributed by atoms with van der Waals surface area (Å²) < 4.78 is 7.81. The van der Waals surface area contributed by atoms with Gasteiger partial charge in [-0.15, -0.1) is 10.2 Å². The number of nitrogens with zero attached hydrogens (tertiary/aromatic N) is 3. The molecule has 3 aromatic rings. The second kappa shape index (κ2) is 6.57. The topological polar surface area (TPSA) is 72.4 Å². The largest absolute Gasteiger partial charge is 0.450 e. The predicted octanol–water partition coefficient (Wildman–Crippen LogP) is 2.46. The maximum atomic E-state index is 11.7. The van der Waals surface area contributed by atoms with Crippen LogP contribution in [0.25, 0.3) is 11.7 Å². The van der Waals surface area contributed by atoms with Crippen molar-refractivity contribution in [2.75, 3.05) is 6.54 Å². The summed E-state index contributed by atoms with van der Waals surface area (Å²) in [5, 5.41) is 11.0. The summed E-state index contributed by atoms with van der Waals surface area (Å²) >= 11 is 3.21. The molecule has 0 atom stereocenters. The monoisotopic (exact) mass is 360 g/mol. The van der Waals surface area contributed by atoms with E-state index in [0.717, 1.165) is 11.5 Å². The van der Waals surface area contributed by atoms with Crippen molar-refractivity contribution < 1.29 is 9.21 Å². The number of carbonyl (C=O) groups is 1. The molecule has 0 saturated heterocycles. The van der Waals surface area contributed by atoms with Crippen molar-refractivity contribution in [3.05, 3.63) is 58.9 Å². The van der Waals surface area contributed by atoms with Gasteiger partial charge in [0, 0.05) is 25.2 Å². The lowest BCUT2D eigenvalue weighted by molar-refractivity contribution is -0.116. The highest BCUT2D eigenvalue weighted by molar-refractivity contribution is 9.10. The SMILES string of the molecule is O=C(C=Cc1ccc(Br)o1)NCCc1nnc2ccccn12. The predicted molar refractivity (Wildman–Crippen MR) is 85.1 cm³/mol. The van der Waals surface area contributed by atoms with Crippen LogP contribution in [-0.4, -0.2) is 27.0 Å². The Bertz CT molecular complexity index is 822. The van der Waals surface area contributed by atoms with Gasteiger partial charge in [-0.25, -0.2) is 0 Å². The van der Waals surface area contributed by atoms with Gasteiger partial charge in [0.2, 0.25) is 5.91 Å². The number of pyridine rings is 1. The zero-order valence-electron chi connectivity index (χ0n) is 11.6. The minimum Gasteiger partial charge on any atom is -0.450 e. The number of fused-ring (bicyclic) bond motifs is 1. The Labute approximate surface area is 135 Å². The van der Waals surface area contributed by atoms with Crippen molar-refractivity contribution >= 4 is 33.6 Å². The Morgan fingerprint density at radius 1 is 1.32 bits per heavy atom. The Morgan fingerprint density at radius 3 is 3.05 bits per heavy atom. The maximum Gasteiger partial charge on any atom is 0.244 e. The number of aromatic nitrogens is 3. The first-order chi connectivity index (χ1) is 10.7. The molecule has 3 aromatic heterocycles. The number of rotatable bonds is 5. The molecule has 22 heavy (non-hydrogen) atoms. The molecule has 1 N–H and O–H groups in total. The Hall–Kier alpha value is -2.41. The van der Waals surface area contributed by atoms with Gasteiger partial charge in [0.1, 0.15) is 11.6 Å². The summed E-state index contributed by atoms with van der Waals surface area (Å²) in [7, 11) is 0. The molecule has 7 heteroatoms. The molecule has 0 aliphatic carbocycles. The van der Waals surface area contributed by atoms with E-state index in [1.807, 2.05) is 28.8 Å². The summed E-state index contributed by atoms with van der Waals surface area (Å²) in [6.07, 6.45) is 5.57. The molecule has 6 nitrogen and oxygen atoms in total. The maximum absolute atomic E-state index is 11.7. The Morgan fingerprint density at radius 2 is 2.23 bits per heavy atom. The van der Waals surface area contributed by atoms with Crippen LogP contribution in [0.5, 0.6) is 0 Å². The molecule has 0 aliphatic rings. The second-order valence-electron chi connectivity index (χ2n) is 4.56. The standard InChI is InChI=1S/C15H13BrN4O2/c16-12-6-4-11(22-12)5-7-15(21)17-9-8-14-19-18-13-3-1-2-10-20(13)14/h1-7,10H,8-9H2,(H,17,21). The fourth-order valence-electron chi connectivity index (χ4n) is 1.99. The first-order valence-electron chi connectivity index (χ1n) is 6.72. The molecule has 112 valence electrons. The zero-order valence-corrected chi connectivity index (χ0v) is 13.2. The number of carbonyl (C=O) groups excluding carboxylic acids is 1. The van der Waals surface area contributed by atoms with Crippen LogP contribution < -0.4 is 5.32 Å². The van der Waals surface area contributed by atoms with Crippen LogP contribution in [0, 0.1) is 0 Å². The normalized spacial score (nSPS) is 11.3. The van der Waals surface area contributed by atoms with Crippen LogP contribution in [0.4, 0.5) is 0 Å². The third-order valence-corrected chi connectivity index (χ3v) is 3.45. The molecule has 0 bridgehead atoms. The van der Waals surface area contributed by atoms with E-state index in [4.69, 9.17) is 4.42 Å². The molecule has 0 aliphatic heterocycles. The first kappa shape index (κ1) is 14.5. The lowest BCUT2D eigenvalue weighted by atomic mass is 10.3. The van der Waals surface area contributed by atoms with Crippen LogP contribution in [0.2, 0.25) is 0 Å². The molecular formula is C15H13BrN4O2. The fraction of sp³-hybridized carbons (Fsp3) is 0.133. The molecule has 0 saturated carbocycles. The van der Waals surface area contributed by atoms with E-state index < -0.39 is 0 Å². The molecule has 1 amide bonds. The highest BCUT2D eigenvalue weighted by atomic mass is 79.9. The molecule has 0 fully saturated rings. The molecule has 3 rings (SSSR count). The van der Waals surface area contributed by atoms with Crippen molar-refractivity contribution in [1.29, 1.82) is 0 Å². The number of halogens is 1. The van der Waals surface area contributed by atoms with Crippen LogP contribution in [0.1, 0.15) is 11.6 Å². The molecule has 0 unspecified atom stereocenters. The molecule has 0 radical (unpaired) electrons. The average molecular weight is 361 g/mol. The van der Waals surface area contributed by atoms with Crippen LogP contribution in [-0.2, 0) is 11.2 Å². The van der Waals surface area contributed by atoms with Gasteiger partial charge in [-0.1, -0.05) is 6.07 Å². The Kier molecular flexibility index (Phi) is 4.34. The number of amides is 1. The summed E-state index contributed by atoms with van der Waals surface area (Å²) in [5.41, 5.74) is 0.798. The van der Waals surface area contributed by atoms with E-state index in [1.54, 1.807) is 18.2 Å². The summed E-state index contributed by atoms with van der Waals surface area (Å²) in [6, 6.07) is 9.26. The van der Waals surface area contributed by atoms with E-state index >= 15 is 0 Å². The van der Waals surface area contributed by atoms with E-state index in [-0.39, 0.29) is 5.91 Å². The molecule has 3 heterocycles. The van der Waals surface area contributed by atoms with Crippen LogP contribution in [0.15, 0.2) is 51.7 Å². The number of hydrogen-bond donors (Lipinski definition) is 1. The fourth-order valence-corrected chi connectivity index (χ4v) is 2.31. The second-order valence-corrected chi connectivity index (χ2v) is 5.34. The Balaban J connectivity index is 1.52. The van der Waals surface area contributed by atoms with Crippen molar-refractivity contribution in [2.45, 2.75) is 6.42 Å². The van der Waals surface area contributed by atoms with Gasteiger partial charge in [0.15, 0.2) is 10.3 Å². The third kappa shape index (κ3) is 3.43. The molecular weight excluding hydrogens is 348 g/mol. The zero-order chi connectivity index (χ0) is 15.4. The lowest BCUT2D eigenvalue weighted by Gasteiger charge is -2.01. The number of nitrogens with one attached hydrogen (secondary N) is 1. The van der Waals surface area contributed by atoms with Gasteiger partial charge >= 0.3 is 0 Å². The van der Waals surface area contributed by atoms with Gasteiger partial charge in [-0.3, -0.25) is 9.20 Å². The highest BCUT2D eigenvalue weighted by Crippen LogP contribution is 2.14. The van der Waals surface area contributed by atoms with Gasteiger partial charge < -0.3 is 9.73 Å². The van der Waals surface area contributed by atoms with Crippen molar-refractivity contribution in [1.82, 2.24) is 19.9 Å². The van der Waals surface area contributed by atoms with Gasteiger partial charge in [-0.05, 0) is 46.3 Å². The lowest BCUT2D eigenvalue weighted by Crippen LogP contribution is -2.24. The van der Waals surface area contributed by atoms with E-state index in [1.165, 1.54) is 6.08 Å². The third-order valence-electron chi connectivity index (χ3n) is 3.03. The van der Waals surface area contributed by atoms with Crippen molar-refractivity contribution in [2.24, 2.45) is 0 Å². The molecule has 0 aromatic carbocycles. The first-order valence-corrected chi connectivity index (χ1v) is 7.51. The van der Waals surface area contributed by atoms with E-state index in [9.17, 15) is 4.79 Å². The van der Waals surface area contributed by atoms with Crippen molar-refractivity contribution in [3.63, 3.8) is 0 Å². The summed E-state index contributed by atoms with van der Waals surface area (Å²) in [4.78, 5) is 11.7. The van der Waals surface area contributed by atoms with Crippen LogP contribution in [0.3, 0.4) is 0 Å². The summed E-state index contributed by atoms with van der Waals surface area (Å²) in [6.45, 7) is 0.487. The van der Waals surface area contributed by atoms with E-state index in [0.29, 0.717) is 23.4 Å². The van der Waals surface area contributed by atoms with Crippen molar-refractivity contribution in [3.8, 4) is 0 Å². The summed E-state index contributed by atoms with van der Waals surface area (Å²) in [5.74, 6) is 1.25. The highest BCUT2D eigenvalue weighted by Gasteiger charge is 2.04. The smallest absolute Gasteiger partial charge is 0.244 e. The van der Waals surface area contributed by atoms with Gasteiger partial charge in [-0.2, -0.15) is 0 Å². The quantitative estimate of drug-likeness (QED) is 0.709. The van der Waals surface area contributed by atoms with Gasteiger partial charge in [0.05, 0.1) is 0 Å².